The van der Waals surface area contributed by atoms with Gasteiger partial charge < -0.3 is 10.1 Å². The summed E-state index contributed by atoms with van der Waals surface area (Å²) >= 11 is 0. The van der Waals surface area contributed by atoms with Gasteiger partial charge in [-0.25, -0.2) is 4.79 Å². The number of esters is 1. The third kappa shape index (κ3) is 5.11. The van der Waals surface area contributed by atoms with Gasteiger partial charge in [0.25, 0.3) is 5.91 Å². The van der Waals surface area contributed by atoms with E-state index in [2.05, 4.69) is 5.32 Å². The fourth-order valence-electron chi connectivity index (χ4n) is 3.24. The van der Waals surface area contributed by atoms with E-state index in [1.165, 1.54) is 0 Å². The summed E-state index contributed by atoms with van der Waals surface area (Å²) < 4.78 is 5.69. The molecule has 0 aliphatic heterocycles. The van der Waals surface area contributed by atoms with E-state index in [9.17, 15) is 9.59 Å². The maximum atomic E-state index is 13.1. The number of ether oxygens (including phenoxy) is 1. The fraction of sp³-hybridized carbons (Fsp3) is 0.200. The minimum absolute atomic E-state index is 0.386. The number of anilines is 1. The first kappa shape index (κ1) is 20.3. The minimum atomic E-state index is -1.05. The SMILES string of the molecule is Cc1cc(C)cc(C(=O)O[C@H](C(=O)Nc2cc(C)ccc2C)c2ccccc2)c1. The Kier molecular flexibility index (Phi) is 6.13. The third-order valence-electron chi connectivity index (χ3n) is 4.67. The van der Waals surface area contributed by atoms with Crippen LogP contribution in [0.4, 0.5) is 5.69 Å². The van der Waals surface area contributed by atoms with Crippen LogP contribution in [0.15, 0.2) is 66.7 Å². The lowest BCUT2D eigenvalue weighted by atomic mass is 10.1. The maximum absolute atomic E-state index is 13.1. The van der Waals surface area contributed by atoms with Gasteiger partial charge in [0.15, 0.2) is 0 Å². The van der Waals surface area contributed by atoms with Gasteiger partial charge in [-0.2, -0.15) is 0 Å². The van der Waals surface area contributed by atoms with Crippen molar-refractivity contribution in [2.45, 2.75) is 33.8 Å². The van der Waals surface area contributed by atoms with E-state index in [-0.39, 0.29) is 5.91 Å². The van der Waals surface area contributed by atoms with Gasteiger partial charge in [0, 0.05) is 11.3 Å². The zero-order valence-corrected chi connectivity index (χ0v) is 17.2. The molecule has 1 atom stereocenters. The molecule has 4 heteroatoms. The van der Waals surface area contributed by atoms with Crippen molar-refractivity contribution >= 4 is 17.6 Å². The predicted octanol–water partition coefficient (Wildman–Crippen LogP) is 5.46. The van der Waals surface area contributed by atoms with Crippen LogP contribution in [0.1, 0.15) is 44.3 Å². The number of rotatable bonds is 5. The summed E-state index contributed by atoms with van der Waals surface area (Å²) in [5.74, 6) is -0.913. The van der Waals surface area contributed by atoms with E-state index in [0.717, 1.165) is 22.3 Å². The Labute approximate surface area is 171 Å². The quantitative estimate of drug-likeness (QED) is 0.592. The number of amides is 1. The van der Waals surface area contributed by atoms with Crippen LogP contribution in [0.25, 0.3) is 0 Å². The molecule has 0 heterocycles. The molecule has 0 bridgehead atoms. The first-order valence-electron chi connectivity index (χ1n) is 9.56. The normalized spacial score (nSPS) is 11.6. The smallest absolute Gasteiger partial charge is 0.339 e. The Hall–Kier alpha value is -3.40. The summed E-state index contributed by atoms with van der Waals surface area (Å²) in [5, 5.41) is 2.91. The van der Waals surface area contributed by atoms with Gasteiger partial charge in [0.2, 0.25) is 6.10 Å². The van der Waals surface area contributed by atoms with E-state index in [1.54, 1.807) is 24.3 Å². The molecule has 0 unspecified atom stereocenters. The highest BCUT2D eigenvalue weighted by molar-refractivity contribution is 5.98. The van der Waals surface area contributed by atoms with Crippen LogP contribution in [0, 0.1) is 27.7 Å². The minimum Gasteiger partial charge on any atom is -0.444 e. The highest BCUT2D eigenvalue weighted by atomic mass is 16.5. The van der Waals surface area contributed by atoms with Crippen LogP contribution >= 0.6 is 0 Å². The second-order valence-corrected chi connectivity index (χ2v) is 7.38. The molecule has 0 aromatic heterocycles. The lowest BCUT2D eigenvalue weighted by Crippen LogP contribution is -2.26. The van der Waals surface area contributed by atoms with Crippen molar-refractivity contribution in [2.75, 3.05) is 5.32 Å². The van der Waals surface area contributed by atoms with Gasteiger partial charge in [-0.05, 0) is 57.0 Å². The lowest BCUT2D eigenvalue weighted by molar-refractivity contribution is -0.125. The number of hydrogen-bond donors (Lipinski definition) is 1. The molecule has 0 aliphatic carbocycles. The van der Waals surface area contributed by atoms with Crippen LogP contribution in [0.2, 0.25) is 0 Å². The summed E-state index contributed by atoms with van der Waals surface area (Å²) in [5.41, 5.74) is 5.67. The lowest BCUT2D eigenvalue weighted by Gasteiger charge is -2.19. The molecule has 29 heavy (non-hydrogen) atoms. The second-order valence-electron chi connectivity index (χ2n) is 7.38. The molecule has 0 spiro atoms. The van der Waals surface area contributed by atoms with Gasteiger partial charge in [-0.1, -0.05) is 59.7 Å². The molecule has 3 rings (SSSR count). The Balaban J connectivity index is 1.89. The molecule has 0 fully saturated rings. The van der Waals surface area contributed by atoms with Crippen molar-refractivity contribution in [1.82, 2.24) is 0 Å². The summed E-state index contributed by atoms with van der Waals surface area (Å²) in [7, 11) is 0. The average Bonchev–Trinajstić information content (AvgIpc) is 2.68. The largest absolute Gasteiger partial charge is 0.444 e. The molecule has 3 aromatic carbocycles. The molecule has 0 aliphatic rings. The van der Waals surface area contributed by atoms with E-state index >= 15 is 0 Å². The predicted molar refractivity (Wildman–Crippen MR) is 115 cm³/mol. The van der Waals surface area contributed by atoms with Crippen LogP contribution in [-0.2, 0) is 9.53 Å². The van der Waals surface area contributed by atoms with E-state index in [1.807, 2.05) is 70.2 Å². The molecule has 1 amide bonds. The average molecular weight is 387 g/mol. The van der Waals surface area contributed by atoms with Gasteiger partial charge in [0.1, 0.15) is 0 Å². The Morgan fingerprint density at radius 2 is 1.45 bits per heavy atom. The number of nitrogens with one attached hydrogen (secondary N) is 1. The van der Waals surface area contributed by atoms with Crippen LogP contribution < -0.4 is 5.32 Å². The third-order valence-corrected chi connectivity index (χ3v) is 4.67. The fourth-order valence-corrected chi connectivity index (χ4v) is 3.24. The number of aryl methyl sites for hydroxylation is 4. The van der Waals surface area contributed by atoms with Gasteiger partial charge in [0.05, 0.1) is 5.56 Å². The maximum Gasteiger partial charge on any atom is 0.339 e. The van der Waals surface area contributed by atoms with Gasteiger partial charge >= 0.3 is 5.97 Å². The first-order chi connectivity index (χ1) is 13.8. The molecule has 0 saturated carbocycles. The molecular formula is C25H25NO3. The first-order valence-corrected chi connectivity index (χ1v) is 9.56. The number of carbonyl (C=O) groups is 2. The second kappa shape index (κ2) is 8.74. The number of benzene rings is 3. The monoisotopic (exact) mass is 387 g/mol. The Bertz CT molecular complexity index is 1020. The van der Waals surface area contributed by atoms with Crippen molar-refractivity contribution in [1.29, 1.82) is 0 Å². The molecule has 3 aromatic rings. The number of carbonyl (C=O) groups excluding carboxylic acids is 2. The highest BCUT2D eigenvalue weighted by Gasteiger charge is 2.26. The topological polar surface area (TPSA) is 55.4 Å². The molecule has 148 valence electrons. The van der Waals surface area contributed by atoms with E-state index < -0.39 is 12.1 Å². The Morgan fingerprint density at radius 1 is 0.793 bits per heavy atom. The van der Waals surface area contributed by atoms with Gasteiger partial charge in [-0.15, -0.1) is 0 Å². The van der Waals surface area contributed by atoms with E-state index in [4.69, 9.17) is 4.74 Å². The number of hydrogen-bond acceptors (Lipinski definition) is 3. The van der Waals surface area contributed by atoms with Crippen molar-refractivity contribution < 1.29 is 14.3 Å². The van der Waals surface area contributed by atoms with Crippen LogP contribution in [0.3, 0.4) is 0 Å². The zero-order chi connectivity index (χ0) is 21.0. The summed E-state index contributed by atoms with van der Waals surface area (Å²) in [4.78, 5) is 25.9. The van der Waals surface area contributed by atoms with Crippen molar-refractivity contribution in [2.24, 2.45) is 0 Å². The van der Waals surface area contributed by atoms with Crippen molar-refractivity contribution in [3.63, 3.8) is 0 Å². The van der Waals surface area contributed by atoms with Crippen molar-refractivity contribution in [3.8, 4) is 0 Å². The van der Waals surface area contributed by atoms with Gasteiger partial charge in [-0.3, -0.25) is 4.79 Å². The van der Waals surface area contributed by atoms with Crippen LogP contribution in [-0.4, -0.2) is 11.9 Å². The summed E-state index contributed by atoms with van der Waals surface area (Å²) in [6, 6.07) is 20.4. The van der Waals surface area contributed by atoms with Crippen LogP contribution in [0.5, 0.6) is 0 Å². The molecule has 0 radical (unpaired) electrons. The molecular weight excluding hydrogens is 362 g/mol. The molecule has 0 saturated heterocycles. The summed E-state index contributed by atoms with van der Waals surface area (Å²) in [6.07, 6.45) is -1.05. The Morgan fingerprint density at radius 3 is 2.10 bits per heavy atom. The standard InChI is InChI=1S/C25H25NO3/c1-16-10-11-19(4)22(15-16)26-24(27)23(20-8-6-5-7-9-20)29-25(28)21-13-17(2)12-18(3)14-21/h5-15,23H,1-4H3,(H,26,27)/t23-/m0/s1. The van der Waals surface area contributed by atoms with Crippen molar-refractivity contribution in [3.05, 3.63) is 100 Å². The molecule has 4 nitrogen and oxygen atoms in total. The van der Waals surface area contributed by atoms with E-state index in [0.29, 0.717) is 16.8 Å². The summed E-state index contributed by atoms with van der Waals surface area (Å²) in [6.45, 7) is 7.73. The zero-order valence-electron chi connectivity index (χ0n) is 17.2. The highest BCUT2D eigenvalue weighted by Crippen LogP contribution is 2.24. The molecule has 1 N–H and O–H groups in total.